The average Bonchev–Trinajstić information content (AvgIpc) is 2.84. The summed E-state index contributed by atoms with van der Waals surface area (Å²) in [5, 5.41) is 5.78. The van der Waals surface area contributed by atoms with E-state index in [0.717, 1.165) is 11.1 Å². The molecule has 178 valence electrons. The molecule has 3 aromatic rings. The Morgan fingerprint density at radius 1 is 0.647 bits per heavy atom. The van der Waals surface area contributed by atoms with Crippen molar-refractivity contribution in [3.63, 3.8) is 0 Å². The van der Waals surface area contributed by atoms with Crippen LogP contribution in [0.1, 0.15) is 37.8 Å². The quantitative estimate of drug-likeness (QED) is 0.395. The van der Waals surface area contributed by atoms with Gasteiger partial charge in [0.05, 0.1) is 11.4 Å². The Bertz CT molecular complexity index is 1010. The number of amides is 2. The SMILES string of the molecule is CC[C@H](Oc1ccc(C)cc1)C(=O)Nc1ccccc1NC(=O)[C@@H](CC)Oc1ccc(C)cc1. The highest BCUT2D eigenvalue weighted by Gasteiger charge is 2.22. The lowest BCUT2D eigenvalue weighted by Gasteiger charge is -2.20. The second kappa shape index (κ2) is 11.9. The predicted molar refractivity (Wildman–Crippen MR) is 135 cm³/mol. The molecule has 0 aliphatic carbocycles. The highest BCUT2D eigenvalue weighted by molar-refractivity contribution is 6.02. The number of benzene rings is 3. The molecule has 6 heteroatoms. The van der Waals surface area contributed by atoms with Crippen molar-refractivity contribution in [2.75, 3.05) is 10.6 Å². The average molecular weight is 461 g/mol. The number of hydrogen-bond acceptors (Lipinski definition) is 4. The summed E-state index contributed by atoms with van der Waals surface area (Å²) in [7, 11) is 0. The lowest BCUT2D eigenvalue weighted by Crippen LogP contribution is -2.34. The molecule has 2 amide bonds. The van der Waals surface area contributed by atoms with E-state index in [4.69, 9.17) is 9.47 Å². The van der Waals surface area contributed by atoms with Crippen LogP contribution < -0.4 is 20.1 Å². The van der Waals surface area contributed by atoms with Gasteiger partial charge < -0.3 is 20.1 Å². The Morgan fingerprint density at radius 2 is 1.00 bits per heavy atom. The minimum atomic E-state index is -0.667. The molecule has 34 heavy (non-hydrogen) atoms. The number of aryl methyl sites for hydroxylation is 2. The van der Waals surface area contributed by atoms with Crippen LogP contribution in [0.25, 0.3) is 0 Å². The van der Waals surface area contributed by atoms with Crippen LogP contribution in [-0.2, 0) is 9.59 Å². The third-order valence-corrected chi connectivity index (χ3v) is 5.37. The van der Waals surface area contributed by atoms with Gasteiger partial charge in [-0.05, 0) is 63.1 Å². The Hall–Kier alpha value is -3.80. The summed E-state index contributed by atoms with van der Waals surface area (Å²) in [6.45, 7) is 7.77. The van der Waals surface area contributed by atoms with E-state index in [-0.39, 0.29) is 11.8 Å². The van der Waals surface area contributed by atoms with E-state index in [1.807, 2.05) is 76.2 Å². The molecule has 2 atom stereocenters. The molecule has 0 radical (unpaired) electrons. The molecule has 6 nitrogen and oxygen atoms in total. The molecule has 0 aliphatic heterocycles. The van der Waals surface area contributed by atoms with Gasteiger partial charge in [0.2, 0.25) is 0 Å². The third-order valence-electron chi connectivity index (χ3n) is 5.37. The zero-order chi connectivity index (χ0) is 24.5. The van der Waals surface area contributed by atoms with E-state index in [0.29, 0.717) is 35.7 Å². The van der Waals surface area contributed by atoms with Gasteiger partial charge in [0.25, 0.3) is 11.8 Å². The number of hydrogen-bond donors (Lipinski definition) is 2. The molecular weight excluding hydrogens is 428 g/mol. The van der Waals surface area contributed by atoms with Gasteiger partial charge in [-0.3, -0.25) is 9.59 Å². The van der Waals surface area contributed by atoms with Crippen LogP contribution in [0.2, 0.25) is 0 Å². The molecule has 0 aliphatic rings. The minimum Gasteiger partial charge on any atom is -0.481 e. The van der Waals surface area contributed by atoms with Gasteiger partial charge in [-0.25, -0.2) is 0 Å². The standard InChI is InChI=1S/C28H32N2O4/c1-5-25(33-21-15-11-19(3)12-16-21)27(31)29-23-9-7-8-10-24(23)30-28(32)26(6-2)34-22-17-13-20(4)14-18-22/h7-18,25-26H,5-6H2,1-4H3,(H,29,31)(H,30,32)/t25-,26+. The first-order chi connectivity index (χ1) is 16.4. The van der Waals surface area contributed by atoms with E-state index >= 15 is 0 Å². The lowest BCUT2D eigenvalue weighted by atomic mass is 10.2. The molecule has 0 aromatic heterocycles. The van der Waals surface area contributed by atoms with Crippen molar-refractivity contribution in [2.45, 2.75) is 52.7 Å². The van der Waals surface area contributed by atoms with Crippen molar-refractivity contribution < 1.29 is 19.1 Å². The van der Waals surface area contributed by atoms with E-state index in [2.05, 4.69) is 10.6 Å². The molecule has 0 fully saturated rings. The van der Waals surface area contributed by atoms with E-state index < -0.39 is 12.2 Å². The van der Waals surface area contributed by atoms with Crippen molar-refractivity contribution in [3.05, 3.63) is 83.9 Å². The summed E-state index contributed by atoms with van der Waals surface area (Å²) in [4.78, 5) is 25.9. The maximum absolute atomic E-state index is 12.9. The second-order valence-corrected chi connectivity index (χ2v) is 8.18. The molecular formula is C28H32N2O4. The zero-order valence-corrected chi connectivity index (χ0v) is 20.1. The number of ether oxygens (including phenoxy) is 2. The van der Waals surface area contributed by atoms with Crippen molar-refractivity contribution in [2.24, 2.45) is 0 Å². The number of nitrogens with one attached hydrogen (secondary N) is 2. The Morgan fingerprint density at radius 3 is 1.32 bits per heavy atom. The van der Waals surface area contributed by atoms with Crippen molar-refractivity contribution in [1.82, 2.24) is 0 Å². The summed E-state index contributed by atoms with van der Waals surface area (Å²) in [6, 6.07) is 22.2. The first kappa shape index (κ1) is 24.8. The fourth-order valence-electron chi connectivity index (χ4n) is 3.33. The third kappa shape index (κ3) is 6.85. The largest absolute Gasteiger partial charge is 0.481 e. The fourth-order valence-corrected chi connectivity index (χ4v) is 3.33. The van der Waals surface area contributed by atoms with Gasteiger partial charge >= 0.3 is 0 Å². The molecule has 3 rings (SSSR count). The molecule has 0 spiro atoms. The number of anilines is 2. The van der Waals surface area contributed by atoms with Gasteiger partial charge in [0, 0.05) is 0 Å². The van der Waals surface area contributed by atoms with Gasteiger partial charge in [-0.2, -0.15) is 0 Å². The number of rotatable bonds is 10. The Balaban J connectivity index is 1.67. The van der Waals surface area contributed by atoms with Crippen LogP contribution in [0.4, 0.5) is 11.4 Å². The van der Waals surface area contributed by atoms with Gasteiger partial charge in [-0.1, -0.05) is 61.4 Å². The summed E-state index contributed by atoms with van der Waals surface area (Å²) in [5.41, 5.74) is 3.23. The van der Waals surface area contributed by atoms with Crippen LogP contribution in [0, 0.1) is 13.8 Å². The van der Waals surface area contributed by atoms with Gasteiger partial charge in [0.15, 0.2) is 12.2 Å². The first-order valence-corrected chi connectivity index (χ1v) is 11.6. The topological polar surface area (TPSA) is 76.7 Å². The second-order valence-electron chi connectivity index (χ2n) is 8.18. The fraction of sp³-hybridized carbons (Fsp3) is 0.286. The smallest absolute Gasteiger partial charge is 0.265 e. The number of carbonyl (C=O) groups excluding carboxylic acids is 2. The van der Waals surface area contributed by atoms with E-state index in [1.165, 1.54) is 0 Å². The summed E-state index contributed by atoms with van der Waals surface area (Å²) >= 11 is 0. The van der Waals surface area contributed by atoms with Gasteiger partial charge in [-0.15, -0.1) is 0 Å². The summed E-state index contributed by atoms with van der Waals surface area (Å²) in [6.07, 6.45) is -0.341. The minimum absolute atomic E-state index is 0.285. The van der Waals surface area contributed by atoms with Crippen molar-refractivity contribution >= 4 is 23.2 Å². The predicted octanol–water partition coefficient (Wildman–Crippen LogP) is 5.90. The molecule has 0 saturated heterocycles. The van der Waals surface area contributed by atoms with Crippen LogP contribution in [0.3, 0.4) is 0 Å². The van der Waals surface area contributed by atoms with E-state index in [9.17, 15) is 9.59 Å². The molecule has 3 aromatic carbocycles. The zero-order valence-electron chi connectivity index (χ0n) is 20.1. The highest BCUT2D eigenvalue weighted by atomic mass is 16.5. The van der Waals surface area contributed by atoms with Crippen molar-refractivity contribution in [1.29, 1.82) is 0 Å². The highest BCUT2D eigenvalue weighted by Crippen LogP contribution is 2.24. The molecule has 0 unspecified atom stereocenters. The molecule has 0 heterocycles. The van der Waals surface area contributed by atoms with Crippen molar-refractivity contribution in [3.8, 4) is 11.5 Å². The lowest BCUT2D eigenvalue weighted by molar-refractivity contribution is -0.123. The van der Waals surface area contributed by atoms with Crippen LogP contribution in [0.5, 0.6) is 11.5 Å². The summed E-state index contributed by atoms with van der Waals surface area (Å²) < 4.78 is 11.8. The summed E-state index contributed by atoms with van der Waals surface area (Å²) in [5.74, 6) is 0.696. The molecule has 2 N–H and O–H groups in total. The maximum Gasteiger partial charge on any atom is 0.265 e. The number of carbonyl (C=O) groups is 2. The Kier molecular flexibility index (Phi) is 8.68. The molecule has 0 bridgehead atoms. The number of para-hydroxylation sites is 2. The van der Waals surface area contributed by atoms with Gasteiger partial charge in [0.1, 0.15) is 11.5 Å². The van der Waals surface area contributed by atoms with Crippen LogP contribution in [0.15, 0.2) is 72.8 Å². The monoisotopic (exact) mass is 460 g/mol. The van der Waals surface area contributed by atoms with E-state index in [1.54, 1.807) is 24.3 Å². The van der Waals surface area contributed by atoms with Crippen LogP contribution in [-0.4, -0.2) is 24.0 Å². The Labute approximate surface area is 201 Å². The van der Waals surface area contributed by atoms with Crippen LogP contribution >= 0.6 is 0 Å². The first-order valence-electron chi connectivity index (χ1n) is 11.6. The molecule has 0 saturated carbocycles. The maximum atomic E-state index is 12.9. The normalized spacial score (nSPS) is 12.4.